The maximum atomic E-state index is 11.2. The number of halogens is 1. The van der Waals surface area contributed by atoms with Crippen LogP contribution in [-0.2, 0) is 4.79 Å². The molecule has 0 aromatic rings. The van der Waals surface area contributed by atoms with Crippen LogP contribution in [0.2, 0.25) is 0 Å². The van der Waals surface area contributed by atoms with E-state index in [1.807, 2.05) is 0 Å². The average molecular weight is 291 g/mol. The number of rotatable bonds is 11. The Hall–Kier alpha value is -0.770. The first-order valence-electron chi connectivity index (χ1n) is 7.34. The van der Waals surface area contributed by atoms with Crippen LogP contribution in [0.5, 0.6) is 0 Å². The van der Waals surface area contributed by atoms with Gasteiger partial charge in [0.15, 0.2) is 0 Å². The third-order valence-electron chi connectivity index (χ3n) is 2.89. The predicted octanol–water partition coefficient (Wildman–Crippen LogP) is 3.58. The normalized spacial score (nSPS) is 10.2. The third-order valence-corrected chi connectivity index (χ3v) is 3.08. The summed E-state index contributed by atoms with van der Waals surface area (Å²) in [6.45, 7) is 2.84. The van der Waals surface area contributed by atoms with Gasteiger partial charge in [-0.15, -0.1) is 11.6 Å². The monoisotopic (exact) mass is 290 g/mol. The summed E-state index contributed by atoms with van der Waals surface area (Å²) in [5.41, 5.74) is 0. The number of imide groups is 1. The lowest BCUT2D eigenvalue weighted by atomic mass is 10.1. The Morgan fingerprint density at radius 1 is 0.947 bits per heavy atom. The Morgan fingerprint density at radius 3 is 2.11 bits per heavy atom. The van der Waals surface area contributed by atoms with Crippen molar-refractivity contribution in [2.75, 3.05) is 12.4 Å². The Labute approximate surface area is 121 Å². The number of urea groups is 1. The Kier molecular flexibility index (Phi) is 13.1. The van der Waals surface area contributed by atoms with Crippen molar-refractivity contribution < 1.29 is 9.59 Å². The van der Waals surface area contributed by atoms with Gasteiger partial charge in [0.05, 0.1) is 0 Å². The van der Waals surface area contributed by atoms with Gasteiger partial charge in [-0.25, -0.2) is 4.79 Å². The van der Waals surface area contributed by atoms with Gasteiger partial charge < -0.3 is 5.32 Å². The van der Waals surface area contributed by atoms with Gasteiger partial charge in [0.2, 0.25) is 5.91 Å². The number of carbonyl (C=O) groups excluding carboxylic acids is 2. The van der Waals surface area contributed by atoms with Crippen LogP contribution in [0, 0.1) is 0 Å². The molecular formula is C14H27ClN2O2. The van der Waals surface area contributed by atoms with Crippen LogP contribution in [0.25, 0.3) is 0 Å². The molecule has 0 rings (SSSR count). The molecule has 0 spiro atoms. The summed E-state index contributed by atoms with van der Waals surface area (Å²) in [4.78, 5) is 22.3. The topological polar surface area (TPSA) is 58.2 Å². The fourth-order valence-electron chi connectivity index (χ4n) is 1.78. The van der Waals surface area contributed by atoms with E-state index in [4.69, 9.17) is 11.6 Å². The first-order chi connectivity index (χ1) is 9.20. The second-order valence-corrected chi connectivity index (χ2v) is 5.10. The van der Waals surface area contributed by atoms with E-state index in [0.29, 0.717) is 6.54 Å². The molecule has 0 heterocycles. The van der Waals surface area contributed by atoms with Gasteiger partial charge in [0.1, 0.15) is 0 Å². The second kappa shape index (κ2) is 13.7. The minimum absolute atomic E-state index is 0.173. The zero-order chi connectivity index (χ0) is 14.3. The van der Waals surface area contributed by atoms with Crippen LogP contribution in [0.3, 0.4) is 0 Å². The summed E-state index contributed by atoms with van der Waals surface area (Å²) >= 11 is 5.39. The van der Waals surface area contributed by atoms with Gasteiger partial charge in [-0.3, -0.25) is 10.1 Å². The molecule has 0 saturated heterocycles. The van der Waals surface area contributed by atoms with Crippen molar-refractivity contribution in [3.63, 3.8) is 0 Å². The van der Waals surface area contributed by atoms with E-state index in [0.717, 1.165) is 12.8 Å². The smallest absolute Gasteiger partial charge is 0.321 e. The lowest BCUT2D eigenvalue weighted by molar-refractivity contribution is -0.119. The number of amides is 3. The van der Waals surface area contributed by atoms with Crippen molar-refractivity contribution >= 4 is 23.5 Å². The zero-order valence-corrected chi connectivity index (χ0v) is 12.7. The minimum atomic E-state index is -0.418. The molecule has 0 aliphatic carbocycles. The first-order valence-corrected chi connectivity index (χ1v) is 7.87. The van der Waals surface area contributed by atoms with Crippen molar-refractivity contribution in [3.05, 3.63) is 0 Å². The largest absolute Gasteiger partial charge is 0.338 e. The maximum absolute atomic E-state index is 11.2. The molecule has 0 saturated carbocycles. The Morgan fingerprint density at radius 2 is 1.53 bits per heavy atom. The van der Waals surface area contributed by atoms with E-state index in [-0.39, 0.29) is 18.2 Å². The summed E-state index contributed by atoms with van der Waals surface area (Å²) in [5, 5.41) is 4.90. The van der Waals surface area contributed by atoms with Crippen molar-refractivity contribution in [2.24, 2.45) is 0 Å². The lowest BCUT2D eigenvalue weighted by Crippen LogP contribution is -2.39. The second-order valence-electron chi connectivity index (χ2n) is 4.72. The fourth-order valence-corrected chi connectivity index (χ4v) is 1.95. The van der Waals surface area contributed by atoms with E-state index in [9.17, 15) is 9.59 Å². The molecule has 0 bridgehead atoms. The van der Waals surface area contributed by atoms with E-state index < -0.39 is 6.03 Å². The molecule has 0 fully saturated rings. The van der Waals surface area contributed by atoms with Gasteiger partial charge in [0, 0.05) is 18.8 Å². The van der Waals surface area contributed by atoms with Gasteiger partial charge in [-0.2, -0.15) is 0 Å². The quantitative estimate of drug-likeness (QED) is 0.451. The van der Waals surface area contributed by atoms with Gasteiger partial charge in [-0.05, 0) is 6.42 Å². The zero-order valence-electron chi connectivity index (χ0n) is 12.0. The molecule has 0 aliphatic heterocycles. The summed E-state index contributed by atoms with van der Waals surface area (Å²) in [5.74, 6) is -0.0969. The molecule has 0 unspecified atom stereocenters. The minimum Gasteiger partial charge on any atom is -0.338 e. The molecule has 0 aliphatic rings. The molecule has 4 nitrogen and oxygen atoms in total. The summed E-state index contributed by atoms with van der Waals surface area (Å²) in [6.07, 6.45) is 10.0. The van der Waals surface area contributed by atoms with Gasteiger partial charge in [0.25, 0.3) is 0 Å². The SMILES string of the molecule is CCCCCCCCCCNC(=O)NC(=O)CCCl. The number of hydrogen-bond acceptors (Lipinski definition) is 2. The van der Waals surface area contributed by atoms with Crippen molar-refractivity contribution in [2.45, 2.75) is 64.7 Å². The number of unbranched alkanes of at least 4 members (excludes halogenated alkanes) is 7. The summed E-state index contributed by atoms with van der Waals surface area (Å²) < 4.78 is 0. The van der Waals surface area contributed by atoms with E-state index in [1.165, 1.54) is 38.5 Å². The van der Waals surface area contributed by atoms with E-state index in [2.05, 4.69) is 17.6 Å². The summed E-state index contributed by atoms with van der Waals surface area (Å²) in [6, 6.07) is -0.418. The molecule has 0 aromatic heterocycles. The molecular weight excluding hydrogens is 264 g/mol. The highest BCUT2D eigenvalue weighted by molar-refractivity contribution is 6.19. The number of nitrogens with one attached hydrogen (secondary N) is 2. The average Bonchev–Trinajstić information content (AvgIpc) is 2.37. The lowest BCUT2D eigenvalue weighted by Gasteiger charge is -2.06. The van der Waals surface area contributed by atoms with Crippen LogP contribution < -0.4 is 10.6 Å². The van der Waals surface area contributed by atoms with Gasteiger partial charge >= 0.3 is 6.03 Å². The van der Waals surface area contributed by atoms with Crippen LogP contribution in [0.1, 0.15) is 64.7 Å². The maximum Gasteiger partial charge on any atom is 0.321 e. The van der Waals surface area contributed by atoms with Crippen molar-refractivity contribution in [1.82, 2.24) is 10.6 Å². The fraction of sp³-hybridized carbons (Fsp3) is 0.857. The van der Waals surface area contributed by atoms with Crippen LogP contribution >= 0.6 is 11.6 Å². The van der Waals surface area contributed by atoms with Crippen molar-refractivity contribution in [1.29, 1.82) is 0 Å². The molecule has 0 aromatic carbocycles. The van der Waals surface area contributed by atoms with Crippen LogP contribution in [-0.4, -0.2) is 24.4 Å². The number of hydrogen-bond donors (Lipinski definition) is 2. The molecule has 3 amide bonds. The molecule has 0 radical (unpaired) electrons. The van der Waals surface area contributed by atoms with Crippen LogP contribution in [0.15, 0.2) is 0 Å². The first kappa shape index (κ1) is 18.2. The molecule has 2 N–H and O–H groups in total. The standard InChI is InChI=1S/C14H27ClN2O2/c1-2-3-4-5-6-7-8-9-12-16-14(19)17-13(18)10-11-15/h2-12H2,1H3,(H2,16,17,18,19). The highest BCUT2D eigenvalue weighted by atomic mass is 35.5. The highest BCUT2D eigenvalue weighted by Crippen LogP contribution is 2.07. The highest BCUT2D eigenvalue weighted by Gasteiger charge is 2.05. The third kappa shape index (κ3) is 13.5. The molecule has 19 heavy (non-hydrogen) atoms. The van der Waals surface area contributed by atoms with Crippen LogP contribution in [0.4, 0.5) is 4.79 Å². The van der Waals surface area contributed by atoms with E-state index in [1.54, 1.807) is 0 Å². The molecule has 5 heteroatoms. The van der Waals surface area contributed by atoms with E-state index >= 15 is 0 Å². The van der Waals surface area contributed by atoms with Crippen molar-refractivity contribution in [3.8, 4) is 0 Å². The number of carbonyl (C=O) groups is 2. The van der Waals surface area contributed by atoms with Gasteiger partial charge in [-0.1, -0.05) is 51.9 Å². The Bertz CT molecular complexity index is 248. The summed E-state index contributed by atoms with van der Waals surface area (Å²) in [7, 11) is 0. The Balaban J connectivity index is 3.25. The molecule has 0 atom stereocenters. The predicted molar refractivity (Wildman–Crippen MR) is 79.5 cm³/mol. The molecule has 112 valence electrons. The number of alkyl halides is 1.